The van der Waals surface area contributed by atoms with Crippen molar-refractivity contribution in [3.63, 3.8) is 0 Å². The summed E-state index contributed by atoms with van der Waals surface area (Å²) in [5, 5.41) is 12.9. The van der Waals surface area contributed by atoms with Gasteiger partial charge in [-0.3, -0.25) is 4.79 Å². The first-order valence-corrected chi connectivity index (χ1v) is 6.25. The van der Waals surface area contributed by atoms with Gasteiger partial charge in [0.1, 0.15) is 0 Å². The fourth-order valence-electron chi connectivity index (χ4n) is 1.80. The number of carbonyl (C=O) groups is 1. The van der Waals surface area contributed by atoms with Crippen LogP contribution in [0, 0.1) is 11.3 Å². The largest absolute Gasteiger partial charge is 0.392 e. The lowest BCUT2D eigenvalue weighted by Crippen LogP contribution is -2.43. The van der Waals surface area contributed by atoms with E-state index in [0.29, 0.717) is 19.6 Å². The number of aliphatic hydroxyl groups excluding tert-OH is 1. The van der Waals surface area contributed by atoms with Crippen molar-refractivity contribution in [1.29, 1.82) is 0 Å². The molecule has 0 saturated carbocycles. The molecule has 1 atom stereocenters. The summed E-state index contributed by atoms with van der Waals surface area (Å²) in [7, 11) is 1.63. The predicted octanol–water partition coefficient (Wildman–Crippen LogP) is 1.57. The van der Waals surface area contributed by atoms with Crippen LogP contribution in [0.25, 0.3) is 0 Å². The Hall–Kier alpha value is -0.610. The molecule has 102 valence electrons. The summed E-state index contributed by atoms with van der Waals surface area (Å²) in [6, 6.07) is 0. The zero-order valence-electron chi connectivity index (χ0n) is 11.7. The third-order valence-corrected chi connectivity index (χ3v) is 2.93. The lowest BCUT2D eigenvalue weighted by atomic mass is 9.80. The van der Waals surface area contributed by atoms with Crippen LogP contribution in [0.3, 0.4) is 0 Å². The van der Waals surface area contributed by atoms with Crippen molar-refractivity contribution in [2.24, 2.45) is 11.3 Å². The van der Waals surface area contributed by atoms with Gasteiger partial charge in [-0.1, -0.05) is 27.7 Å². The molecule has 0 fully saturated rings. The molecule has 0 aliphatic rings. The first-order valence-electron chi connectivity index (χ1n) is 6.25. The van der Waals surface area contributed by atoms with Gasteiger partial charge in [-0.25, -0.2) is 0 Å². The molecule has 0 rings (SSSR count). The molecule has 2 N–H and O–H groups in total. The average molecular weight is 245 g/mol. The molecule has 1 amide bonds. The number of rotatable bonds is 8. The molecule has 0 aliphatic carbocycles. The second-order valence-corrected chi connectivity index (χ2v) is 5.55. The van der Waals surface area contributed by atoms with E-state index in [2.05, 4.69) is 5.32 Å². The quantitative estimate of drug-likeness (QED) is 0.638. The zero-order chi connectivity index (χ0) is 13.5. The van der Waals surface area contributed by atoms with Crippen LogP contribution in [0.5, 0.6) is 0 Å². The Labute approximate surface area is 105 Å². The van der Waals surface area contributed by atoms with Crippen molar-refractivity contribution >= 4 is 5.91 Å². The van der Waals surface area contributed by atoms with E-state index in [-0.39, 0.29) is 17.2 Å². The maximum absolute atomic E-state index is 11.5. The number of methoxy groups -OCH3 is 1. The van der Waals surface area contributed by atoms with E-state index in [0.717, 1.165) is 6.42 Å². The Bertz CT molecular complexity index is 227. The third kappa shape index (κ3) is 6.64. The Kier molecular flexibility index (Phi) is 7.39. The van der Waals surface area contributed by atoms with E-state index in [1.54, 1.807) is 7.11 Å². The lowest BCUT2D eigenvalue weighted by Gasteiger charge is -2.33. The Morgan fingerprint density at radius 3 is 2.47 bits per heavy atom. The van der Waals surface area contributed by atoms with Gasteiger partial charge in [-0.15, -0.1) is 0 Å². The molecule has 0 bridgehead atoms. The molecule has 4 nitrogen and oxygen atoms in total. The maximum atomic E-state index is 11.5. The van der Waals surface area contributed by atoms with Crippen molar-refractivity contribution in [1.82, 2.24) is 5.32 Å². The minimum atomic E-state index is -0.415. The minimum absolute atomic E-state index is 0.0195. The number of carbonyl (C=O) groups excluding carboxylic acids is 1. The maximum Gasteiger partial charge on any atom is 0.220 e. The number of nitrogens with one attached hydrogen (secondary N) is 1. The molecule has 0 aliphatic heterocycles. The second kappa shape index (κ2) is 7.67. The van der Waals surface area contributed by atoms with Crippen molar-refractivity contribution in [2.45, 2.75) is 46.6 Å². The molecular formula is C13H27NO3. The van der Waals surface area contributed by atoms with Crippen molar-refractivity contribution in [3.05, 3.63) is 0 Å². The normalized spacial score (nSPS) is 13.8. The molecule has 0 saturated heterocycles. The summed E-state index contributed by atoms with van der Waals surface area (Å²) in [5.74, 6) is 0.210. The first kappa shape index (κ1) is 16.4. The summed E-state index contributed by atoms with van der Waals surface area (Å²) in [6.45, 7) is 8.99. The van der Waals surface area contributed by atoms with Crippen LogP contribution in [-0.4, -0.2) is 37.4 Å². The van der Waals surface area contributed by atoms with Gasteiger partial charge in [0.15, 0.2) is 0 Å². The van der Waals surface area contributed by atoms with Crippen LogP contribution in [0.2, 0.25) is 0 Å². The number of amides is 1. The number of aliphatic hydroxyl groups is 1. The molecule has 4 heteroatoms. The molecule has 1 unspecified atom stereocenters. The van der Waals surface area contributed by atoms with E-state index in [4.69, 9.17) is 4.74 Å². The highest BCUT2D eigenvalue weighted by Gasteiger charge is 2.30. The molecule has 0 aromatic heterocycles. The summed E-state index contributed by atoms with van der Waals surface area (Å²) in [4.78, 5) is 11.5. The third-order valence-electron chi connectivity index (χ3n) is 2.93. The monoisotopic (exact) mass is 245 g/mol. The smallest absolute Gasteiger partial charge is 0.220 e. The van der Waals surface area contributed by atoms with Crippen LogP contribution in [-0.2, 0) is 9.53 Å². The Morgan fingerprint density at radius 2 is 2.00 bits per heavy atom. The zero-order valence-corrected chi connectivity index (χ0v) is 11.7. The number of hydrogen-bond donors (Lipinski definition) is 2. The van der Waals surface area contributed by atoms with Gasteiger partial charge in [-0.05, 0) is 12.3 Å². The van der Waals surface area contributed by atoms with Gasteiger partial charge >= 0.3 is 0 Å². The van der Waals surface area contributed by atoms with Gasteiger partial charge < -0.3 is 15.2 Å². The highest BCUT2D eigenvalue weighted by molar-refractivity contribution is 5.75. The number of hydrogen-bond acceptors (Lipinski definition) is 3. The second-order valence-electron chi connectivity index (χ2n) is 5.55. The van der Waals surface area contributed by atoms with E-state index < -0.39 is 6.10 Å². The molecule has 17 heavy (non-hydrogen) atoms. The molecular weight excluding hydrogens is 218 g/mol. The molecule has 0 heterocycles. The number of ether oxygens (including phenoxy) is 1. The van der Waals surface area contributed by atoms with Gasteiger partial charge in [0.25, 0.3) is 0 Å². The van der Waals surface area contributed by atoms with Gasteiger partial charge in [-0.2, -0.15) is 0 Å². The highest BCUT2D eigenvalue weighted by atomic mass is 16.5. The Balaban J connectivity index is 3.96. The van der Waals surface area contributed by atoms with Crippen molar-refractivity contribution < 1.29 is 14.6 Å². The van der Waals surface area contributed by atoms with Gasteiger partial charge in [0.05, 0.1) is 6.10 Å². The van der Waals surface area contributed by atoms with E-state index >= 15 is 0 Å². The van der Waals surface area contributed by atoms with Crippen LogP contribution in [0.15, 0.2) is 0 Å². The van der Waals surface area contributed by atoms with Gasteiger partial charge in [0.2, 0.25) is 5.91 Å². The van der Waals surface area contributed by atoms with Crippen LogP contribution >= 0.6 is 0 Å². The van der Waals surface area contributed by atoms with E-state index in [1.165, 1.54) is 0 Å². The van der Waals surface area contributed by atoms with Crippen molar-refractivity contribution in [3.8, 4) is 0 Å². The molecule has 0 spiro atoms. The van der Waals surface area contributed by atoms with Crippen molar-refractivity contribution in [2.75, 3.05) is 20.3 Å². The summed E-state index contributed by atoms with van der Waals surface area (Å²) in [6.07, 6.45) is 0.791. The van der Waals surface area contributed by atoms with Crippen LogP contribution in [0.4, 0.5) is 0 Å². The van der Waals surface area contributed by atoms with E-state index in [1.807, 2.05) is 27.7 Å². The molecule has 0 aromatic carbocycles. The van der Waals surface area contributed by atoms with Crippen LogP contribution in [0.1, 0.15) is 40.5 Å². The predicted molar refractivity (Wildman–Crippen MR) is 68.7 cm³/mol. The lowest BCUT2D eigenvalue weighted by molar-refractivity contribution is -0.122. The van der Waals surface area contributed by atoms with E-state index in [9.17, 15) is 9.90 Å². The average Bonchev–Trinajstić information content (AvgIpc) is 2.25. The molecule has 0 radical (unpaired) electrons. The SMILES string of the molecule is COCCCC(=O)NCC(C)(C)C(O)C(C)C. The summed E-state index contributed by atoms with van der Waals surface area (Å²) < 4.78 is 4.89. The minimum Gasteiger partial charge on any atom is -0.392 e. The van der Waals surface area contributed by atoms with Gasteiger partial charge in [0, 0.05) is 32.1 Å². The van der Waals surface area contributed by atoms with Crippen LogP contribution < -0.4 is 5.32 Å². The highest BCUT2D eigenvalue weighted by Crippen LogP contribution is 2.25. The molecule has 0 aromatic rings. The fraction of sp³-hybridized carbons (Fsp3) is 0.923. The standard InChI is InChI=1S/C13H27NO3/c1-10(2)12(16)13(3,4)9-14-11(15)7-6-8-17-5/h10,12,16H,6-9H2,1-5H3,(H,14,15). The first-order chi connectivity index (χ1) is 7.81. The summed E-state index contributed by atoms with van der Waals surface area (Å²) >= 11 is 0. The topological polar surface area (TPSA) is 58.6 Å². The Morgan fingerprint density at radius 1 is 1.41 bits per heavy atom. The fourth-order valence-corrected chi connectivity index (χ4v) is 1.80. The summed E-state index contributed by atoms with van der Waals surface area (Å²) in [5.41, 5.74) is -0.301.